The van der Waals surface area contributed by atoms with Crippen molar-refractivity contribution in [1.82, 2.24) is 4.98 Å². The molecule has 3 nitrogen and oxygen atoms in total. The molecule has 80 valence electrons. The van der Waals surface area contributed by atoms with E-state index in [0.717, 1.165) is 16.8 Å². The van der Waals surface area contributed by atoms with Crippen LogP contribution < -0.4 is 0 Å². The number of hydrogen-bond acceptors (Lipinski definition) is 3. The van der Waals surface area contributed by atoms with Gasteiger partial charge < -0.3 is 4.74 Å². The number of carbonyl (C=O) groups is 1. The molecule has 0 aliphatic carbocycles. The maximum Gasteiger partial charge on any atom is 0.309 e. The standard InChI is InChI=1S/C12H15NO2/c1-9-7-10(2)11(13-8-9)5-4-6-12(14)15-3/h4-5,7-8H,6H2,1-3H3. The number of carbonyl (C=O) groups excluding carboxylic acids is 1. The summed E-state index contributed by atoms with van der Waals surface area (Å²) in [5.74, 6) is -0.240. The van der Waals surface area contributed by atoms with Crippen LogP contribution in [0.2, 0.25) is 0 Å². The number of hydrogen-bond donors (Lipinski definition) is 0. The summed E-state index contributed by atoms with van der Waals surface area (Å²) in [5.41, 5.74) is 3.14. The highest BCUT2D eigenvalue weighted by atomic mass is 16.5. The summed E-state index contributed by atoms with van der Waals surface area (Å²) in [6, 6.07) is 2.06. The van der Waals surface area contributed by atoms with Crippen LogP contribution in [0.1, 0.15) is 23.2 Å². The maximum atomic E-state index is 10.8. The Labute approximate surface area is 89.8 Å². The molecule has 1 aromatic rings. The summed E-state index contributed by atoms with van der Waals surface area (Å²) in [4.78, 5) is 15.1. The third-order valence-electron chi connectivity index (χ3n) is 2.04. The molecule has 0 radical (unpaired) electrons. The van der Waals surface area contributed by atoms with Crippen LogP contribution >= 0.6 is 0 Å². The lowest BCUT2D eigenvalue weighted by molar-refractivity contribution is -0.139. The predicted molar refractivity (Wildman–Crippen MR) is 59.4 cm³/mol. The van der Waals surface area contributed by atoms with E-state index in [9.17, 15) is 4.79 Å². The zero-order chi connectivity index (χ0) is 11.3. The van der Waals surface area contributed by atoms with Crippen molar-refractivity contribution < 1.29 is 9.53 Å². The summed E-state index contributed by atoms with van der Waals surface area (Å²) in [6.45, 7) is 4.00. The number of methoxy groups -OCH3 is 1. The monoisotopic (exact) mass is 205 g/mol. The Morgan fingerprint density at radius 2 is 2.27 bits per heavy atom. The van der Waals surface area contributed by atoms with E-state index < -0.39 is 0 Å². The first-order valence-electron chi connectivity index (χ1n) is 4.80. The van der Waals surface area contributed by atoms with Crippen LogP contribution in [0.5, 0.6) is 0 Å². The molecule has 1 aromatic heterocycles. The molecular weight excluding hydrogens is 190 g/mol. The predicted octanol–water partition coefficient (Wildman–Crippen LogP) is 2.27. The molecule has 0 aromatic carbocycles. The van der Waals surface area contributed by atoms with Crippen molar-refractivity contribution in [1.29, 1.82) is 0 Å². The first-order chi connectivity index (χ1) is 7.13. The van der Waals surface area contributed by atoms with Crippen molar-refractivity contribution in [3.8, 4) is 0 Å². The first kappa shape index (κ1) is 11.4. The van der Waals surface area contributed by atoms with Crippen LogP contribution in [0.4, 0.5) is 0 Å². The fourth-order valence-electron chi connectivity index (χ4n) is 1.25. The van der Waals surface area contributed by atoms with Crippen molar-refractivity contribution in [2.24, 2.45) is 0 Å². The second kappa shape index (κ2) is 5.29. The van der Waals surface area contributed by atoms with E-state index >= 15 is 0 Å². The van der Waals surface area contributed by atoms with Gasteiger partial charge in [0, 0.05) is 6.20 Å². The highest BCUT2D eigenvalue weighted by molar-refractivity contribution is 5.72. The Morgan fingerprint density at radius 1 is 1.53 bits per heavy atom. The second-order valence-corrected chi connectivity index (χ2v) is 3.40. The molecule has 1 heterocycles. The number of rotatable bonds is 3. The average Bonchev–Trinajstić information content (AvgIpc) is 2.21. The van der Waals surface area contributed by atoms with Crippen molar-refractivity contribution in [3.05, 3.63) is 35.2 Å². The molecule has 0 saturated carbocycles. The quantitative estimate of drug-likeness (QED) is 0.710. The largest absolute Gasteiger partial charge is 0.469 e. The Kier molecular flexibility index (Phi) is 4.03. The van der Waals surface area contributed by atoms with E-state index in [1.807, 2.05) is 26.1 Å². The van der Waals surface area contributed by atoms with Gasteiger partial charge in [0.25, 0.3) is 0 Å². The molecule has 0 bridgehead atoms. The molecule has 0 saturated heterocycles. The smallest absolute Gasteiger partial charge is 0.309 e. The zero-order valence-electron chi connectivity index (χ0n) is 9.28. The molecule has 0 aliphatic heterocycles. The molecule has 0 atom stereocenters. The minimum atomic E-state index is -0.240. The average molecular weight is 205 g/mol. The number of esters is 1. The lowest BCUT2D eigenvalue weighted by Gasteiger charge is -2.00. The number of ether oxygens (including phenoxy) is 1. The molecule has 0 N–H and O–H groups in total. The van der Waals surface area contributed by atoms with Crippen LogP contribution in [0.15, 0.2) is 18.3 Å². The topological polar surface area (TPSA) is 39.2 Å². The maximum absolute atomic E-state index is 10.8. The van der Waals surface area contributed by atoms with E-state index in [4.69, 9.17) is 0 Å². The van der Waals surface area contributed by atoms with Crippen LogP contribution in [-0.2, 0) is 9.53 Å². The summed E-state index contributed by atoms with van der Waals surface area (Å²) in [7, 11) is 1.38. The third kappa shape index (κ3) is 3.54. The Hall–Kier alpha value is -1.64. The summed E-state index contributed by atoms with van der Waals surface area (Å²) < 4.78 is 4.53. The fourth-order valence-corrected chi connectivity index (χ4v) is 1.25. The van der Waals surface area contributed by atoms with E-state index in [0.29, 0.717) is 0 Å². The Balaban J connectivity index is 2.68. The summed E-state index contributed by atoms with van der Waals surface area (Å²) in [6.07, 6.45) is 5.69. The lowest BCUT2D eigenvalue weighted by atomic mass is 10.1. The van der Waals surface area contributed by atoms with E-state index in [1.54, 1.807) is 6.08 Å². The van der Waals surface area contributed by atoms with Gasteiger partial charge in [-0.15, -0.1) is 0 Å². The molecule has 0 amide bonds. The molecule has 0 unspecified atom stereocenters. The molecule has 0 spiro atoms. The van der Waals surface area contributed by atoms with E-state index in [2.05, 4.69) is 15.8 Å². The van der Waals surface area contributed by atoms with Gasteiger partial charge in [0.2, 0.25) is 0 Å². The Morgan fingerprint density at radius 3 is 2.87 bits per heavy atom. The molecule has 0 fully saturated rings. The number of aryl methyl sites for hydroxylation is 2. The van der Waals surface area contributed by atoms with E-state index in [-0.39, 0.29) is 12.4 Å². The number of aromatic nitrogens is 1. The van der Waals surface area contributed by atoms with Gasteiger partial charge >= 0.3 is 5.97 Å². The van der Waals surface area contributed by atoms with Gasteiger partial charge in [0.15, 0.2) is 0 Å². The van der Waals surface area contributed by atoms with Crippen molar-refractivity contribution in [3.63, 3.8) is 0 Å². The van der Waals surface area contributed by atoms with Crippen LogP contribution in [0.3, 0.4) is 0 Å². The van der Waals surface area contributed by atoms with E-state index in [1.165, 1.54) is 7.11 Å². The summed E-state index contributed by atoms with van der Waals surface area (Å²) >= 11 is 0. The van der Waals surface area contributed by atoms with Gasteiger partial charge in [0.1, 0.15) is 0 Å². The molecule has 0 aliphatic rings. The van der Waals surface area contributed by atoms with Gasteiger partial charge in [0.05, 0.1) is 19.2 Å². The van der Waals surface area contributed by atoms with Crippen molar-refractivity contribution in [2.45, 2.75) is 20.3 Å². The molecule has 15 heavy (non-hydrogen) atoms. The van der Waals surface area contributed by atoms with Gasteiger partial charge in [-0.1, -0.05) is 12.1 Å². The highest BCUT2D eigenvalue weighted by Crippen LogP contribution is 2.08. The number of nitrogens with zero attached hydrogens (tertiary/aromatic N) is 1. The van der Waals surface area contributed by atoms with Gasteiger partial charge in [-0.3, -0.25) is 9.78 Å². The van der Waals surface area contributed by atoms with Gasteiger partial charge in [-0.2, -0.15) is 0 Å². The summed E-state index contributed by atoms with van der Waals surface area (Å²) in [5, 5.41) is 0. The second-order valence-electron chi connectivity index (χ2n) is 3.40. The first-order valence-corrected chi connectivity index (χ1v) is 4.80. The lowest BCUT2D eigenvalue weighted by Crippen LogP contribution is -1.97. The molecule has 1 rings (SSSR count). The number of pyridine rings is 1. The van der Waals surface area contributed by atoms with Crippen LogP contribution in [0, 0.1) is 13.8 Å². The normalized spacial score (nSPS) is 10.6. The van der Waals surface area contributed by atoms with Crippen LogP contribution in [0.25, 0.3) is 6.08 Å². The fraction of sp³-hybridized carbons (Fsp3) is 0.333. The van der Waals surface area contributed by atoms with Gasteiger partial charge in [-0.05, 0) is 31.1 Å². The zero-order valence-corrected chi connectivity index (χ0v) is 9.28. The molecular formula is C12H15NO2. The van der Waals surface area contributed by atoms with Crippen molar-refractivity contribution in [2.75, 3.05) is 7.11 Å². The van der Waals surface area contributed by atoms with Crippen molar-refractivity contribution >= 4 is 12.0 Å². The minimum absolute atomic E-state index is 0.240. The third-order valence-corrected chi connectivity index (χ3v) is 2.04. The Bertz CT molecular complexity index is 383. The SMILES string of the molecule is COC(=O)CC=Cc1ncc(C)cc1C. The highest BCUT2D eigenvalue weighted by Gasteiger charge is 1.97. The van der Waals surface area contributed by atoms with Gasteiger partial charge in [-0.25, -0.2) is 0 Å². The van der Waals surface area contributed by atoms with Crippen LogP contribution in [-0.4, -0.2) is 18.1 Å². The molecule has 3 heteroatoms. The minimum Gasteiger partial charge on any atom is -0.469 e.